The molecule has 0 aliphatic carbocycles. The second kappa shape index (κ2) is 11.1. The minimum atomic E-state index is -3.62. The molecule has 1 N–H and O–H groups in total. The molecule has 2 aromatic rings. The van der Waals surface area contributed by atoms with Crippen LogP contribution in [0.3, 0.4) is 0 Å². The molecule has 3 rings (SSSR count). The van der Waals surface area contributed by atoms with Crippen molar-refractivity contribution < 1.29 is 18.0 Å². The highest BCUT2D eigenvalue weighted by molar-refractivity contribution is 7.89. The average Bonchev–Trinajstić information content (AvgIpc) is 2.80. The number of likely N-dealkylation sites (N-methyl/N-ethyl adjacent to an activating group) is 1. The molecule has 0 aromatic heterocycles. The topological polar surface area (TPSA) is 86.8 Å². The lowest BCUT2D eigenvalue weighted by Crippen LogP contribution is -2.45. The fourth-order valence-corrected chi connectivity index (χ4v) is 6.54. The molecular formula is C26H35N3O4S. The standard InChI is InChI=1S/C26H35N3O4S/c1-5-28(18-22-9-7-6-8-10-22)24(30)17-27-26(31)23-11-13-29(14-12-23)34(32,33)25-20(3)15-19(2)16-21(25)4/h6-10,15-16,23H,5,11-14,17-18H2,1-4H3,(H,27,31). The summed E-state index contributed by atoms with van der Waals surface area (Å²) in [5.41, 5.74) is 3.56. The van der Waals surface area contributed by atoms with Crippen LogP contribution in [-0.2, 0) is 26.2 Å². The van der Waals surface area contributed by atoms with Gasteiger partial charge in [-0.25, -0.2) is 8.42 Å². The van der Waals surface area contributed by atoms with Crippen molar-refractivity contribution in [3.05, 3.63) is 64.7 Å². The van der Waals surface area contributed by atoms with E-state index in [4.69, 9.17) is 0 Å². The van der Waals surface area contributed by atoms with Crippen LogP contribution in [0, 0.1) is 26.7 Å². The molecule has 0 bridgehead atoms. The molecule has 0 unspecified atom stereocenters. The van der Waals surface area contributed by atoms with Crippen molar-refractivity contribution in [3.8, 4) is 0 Å². The fraction of sp³-hybridized carbons (Fsp3) is 0.462. The number of hydrogen-bond acceptors (Lipinski definition) is 4. The van der Waals surface area contributed by atoms with Crippen molar-refractivity contribution >= 4 is 21.8 Å². The van der Waals surface area contributed by atoms with Crippen LogP contribution in [0.15, 0.2) is 47.4 Å². The number of sulfonamides is 1. The minimum Gasteiger partial charge on any atom is -0.347 e. The van der Waals surface area contributed by atoms with Crippen LogP contribution >= 0.6 is 0 Å². The van der Waals surface area contributed by atoms with E-state index >= 15 is 0 Å². The zero-order valence-corrected chi connectivity index (χ0v) is 21.3. The van der Waals surface area contributed by atoms with Gasteiger partial charge in [-0.05, 0) is 57.2 Å². The molecule has 184 valence electrons. The first-order valence-corrected chi connectivity index (χ1v) is 13.2. The average molecular weight is 486 g/mol. The molecule has 8 heteroatoms. The van der Waals surface area contributed by atoms with Crippen LogP contribution in [-0.4, -0.2) is 55.6 Å². The maximum atomic E-state index is 13.3. The van der Waals surface area contributed by atoms with Crippen LogP contribution in [0.1, 0.15) is 42.0 Å². The van der Waals surface area contributed by atoms with Gasteiger partial charge in [-0.2, -0.15) is 4.31 Å². The molecule has 1 aliphatic heterocycles. The van der Waals surface area contributed by atoms with E-state index in [9.17, 15) is 18.0 Å². The minimum absolute atomic E-state index is 0.0558. The van der Waals surface area contributed by atoms with E-state index in [0.29, 0.717) is 30.8 Å². The van der Waals surface area contributed by atoms with Crippen molar-refractivity contribution in [3.63, 3.8) is 0 Å². The predicted octanol–water partition coefficient (Wildman–Crippen LogP) is 3.18. The number of amides is 2. The third-order valence-corrected chi connectivity index (χ3v) is 8.60. The van der Waals surface area contributed by atoms with E-state index in [-0.39, 0.29) is 37.4 Å². The Hall–Kier alpha value is -2.71. The van der Waals surface area contributed by atoms with Crippen LogP contribution in [0.25, 0.3) is 0 Å². The molecule has 2 amide bonds. The Morgan fingerprint density at radius 2 is 1.62 bits per heavy atom. The van der Waals surface area contributed by atoms with E-state index in [1.807, 2.05) is 70.2 Å². The SMILES string of the molecule is CCN(Cc1ccccc1)C(=O)CNC(=O)C1CCN(S(=O)(=O)c2c(C)cc(C)cc2C)CC1. The van der Waals surface area contributed by atoms with Gasteiger partial charge in [0.15, 0.2) is 0 Å². The van der Waals surface area contributed by atoms with E-state index < -0.39 is 10.0 Å². The summed E-state index contributed by atoms with van der Waals surface area (Å²) in [5, 5.41) is 2.76. The molecule has 1 aliphatic rings. The Bertz CT molecular complexity index is 1100. The van der Waals surface area contributed by atoms with Crippen LogP contribution in [0.2, 0.25) is 0 Å². The van der Waals surface area contributed by atoms with Gasteiger partial charge in [-0.1, -0.05) is 48.0 Å². The monoisotopic (exact) mass is 485 g/mol. The van der Waals surface area contributed by atoms with Gasteiger partial charge in [-0.15, -0.1) is 0 Å². The zero-order valence-electron chi connectivity index (χ0n) is 20.5. The highest BCUT2D eigenvalue weighted by Crippen LogP contribution is 2.28. The van der Waals surface area contributed by atoms with Crippen molar-refractivity contribution in [2.24, 2.45) is 5.92 Å². The lowest BCUT2D eigenvalue weighted by atomic mass is 9.97. The molecule has 1 saturated heterocycles. The molecule has 2 aromatic carbocycles. The Kier molecular flexibility index (Phi) is 8.49. The summed E-state index contributed by atoms with van der Waals surface area (Å²) >= 11 is 0. The van der Waals surface area contributed by atoms with Gasteiger partial charge in [0.05, 0.1) is 11.4 Å². The van der Waals surface area contributed by atoms with Gasteiger partial charge >= 0.3 is 0 Å². The van der Waals surface area contributed by atoms with Crippen molar-refractivity contribution in [1.82, 2.24) is 14.5 Å². The summed E-state index contributed by atoms with van der Waals surface area (Å²) in [6.07, 6.45) is 0.870. The number of hydrogen-bond donors (Lipinski definition) is 1. The van der Waals surface area contributed by atoms with Gasteiger partial charge in [0.1, 0.15) is 0 Å². The van der Waals surface area contributed by atoms with Crippen molar-refractivity contribution in [2.75, 3.05) is 26.2 Å². The number of nitrogens with one attached hydrogen (secondary N) is 1. The summed E-state index contributed by atoms with van der Waals surface area (Å²) < 4.78 is 28.0. The number of carbonyl (C=O) groups is 2. The first-order chi connectivity index (χ1) is 16.1. The van der Waals surface area contributed by atoms with Crippen molar-refractivity contribution in [1.29, 1.82) is 0 Å². The van der Waals surface area contributed by atoms with Crippen LogP contribution in [0.4, 0.5) is 0 Å². The Morgan fingerprint density at radius 3 is 2.18 bits per heavy atom. The van der Waals surface area contributed by atoms with Crippen LogP contribution in [0.5, 0.6) is 0 Å². The van der Waals surface area contributed by atoms with Gasteiger partial charge in [0, 0.05) is 32.1 Å². The summed E-state index contributed by atoms with van der Waals surface area (Å²) in [6.45, 7) is 9.08. The van der Waals surface area contributed by atoms with Gasteiger partial charge in [0.2, 0.25) is 21.8 Å². The molecule has 0 spiro atoms. The van der Waals surface area contributed by atoms with E-state index in [1.165, 1.54) is 4.31 Å². The number of aryl methyl sites for hydroxylation is 3. The molecular weight excluding hydrogens is 450 g/mol. The third kappa shape index (κ3) is 6.04. The summed E-state index contributed by atoms with van der Waals surface area (Å²) in [4.78, 5) is 27.4. The van der Waals surface area contributed by atoms with Gasteiger partial charge < -0.3 is 10.2 Å². The molecule has 1 heterocycles. The normalized spacial score (nSPS) is 15.2. The van der Waals surface area contributed by atoms with E-state index in [2.05, 4.69) is 5.32 Å². The quantitative estimate of drug-likeness (QED) is 0.622. The molecule has 0 radical (unpaired) electrons. The number of piperidine rings is 1. The molecule has 0 saturated carbocycles. The highest BCUT2D eigenvalue weighted by Gasteiger charge is 2.33. The predicted molar refractivity (Wildman–Crippen MR) is 133 cm³/mol. The maximum absolute atomic E-state index is 13.3. The maximum Gasteiger partial charge on any atom is 0.243 e. The number of rotatable bonds is 8. The summed E-state index contributed by atoms with van der Waals surface area (Å²) in [7, 11) is -3.62. The zero-order chi connectivity index (χ0) is 24.9. The number of nitrogens with zero attached hydrogens (tertiary/aromatic N) is 2. The lowest BCUT2D eigenvalue weighted by molar-refractivity contribution is -0.134. The fourth-order valence-electron chi connectivity index (χ4n) is 4.66. The lowest BCUT2D eigenvalue weighted by Gasteiger charge is -2.31. The Labute approximate surface area is 203 Å². The van der Waals surface area contributed by atoms with Gasteiger partial charge in [0.25, 0.3) is 0 Å². The molecule has 34 heavy (non-hydrogen) atoms. The summed E-state index contributed by atoms with van der Waals surface area (Å²) in [6, 6.07) is 13.5. The van der Waals surface area contributed by atoms with Gasteiger partial charge in [-0.3, -0.25) is 9.59 Å². The number of benzene rings is 2. The Balaban J connectivity index is 1.54. The van der Waals surface area contributed by atoms with Crippen LogP contribution < -0.4 is 5.32 Å². The Morgan fingerprint density at radius 1 is 1.03 bits per heavy atom. The molecule has 1 fully saturated rings. The first-order valence-electron chi connectivity index (χ1n) is 11.8. The van der Waals surface area contributed by atoms with E-state index in [1.54, 1.807) is 4.90 Å². The smallest absolute Gasteiger partial charge is 0.243 e. The van der Waals surface area contributed by atoms with E-state index in [0.717, 1.165) is 22.3 Å². The second-order valence-electron chi connectivity index (χ2n) is 9.02. The van der Waals surface area contributed by atoms with Crippen molar-refractivity contribution in [2.45, 2.75) is 52.0 Å². The first kappa shape index (κ1) is 25.9. The summed E-state index contributed by atoms with van der Waals surface area (Å²) in [5.74, 6) is -0.627. The second-order valence-corrected chi connectivity index (χ2v) is 10.9. The largest absolute Gasteiger partial charge is 0.347 e. The molecule has 0 atom stereocenters. The molecule has 7 nitrogen and oxygen atoms in total. The highest BCUT2D eigenvalue weighted by atomic mass is 32.2. The number of carbonyl (C=O) groups excluding carboxylic acids is 2. The third-order valence-electron chi connectivity index (χ3n) is 6.39.